The van der Waals surface area contributed by atoms with Crippen molar-refractivity contribution in [1.29, 1.82) is 0 Å². The second-order valence-electron chi connectivity index (χ2n) is 4.57. The van der Waals surface area contributed by atoms with Gasteiger partial charge in [0, 0.05) is 12.2 Å². The number of benzene rings is 1. The largest absolute Gasteiger partial charge is 0.507 e. The van der Waals surface area contributed by atoms with Gasteiger partial charge in [0.2, 0.25) is 0 Å². The Hall–Kier alpha value is -1.57. The van der Waals surface area contributed by atoms with E-state index in [9.17, 15) is 9.59 Å². The highest BCUT2D eigenvalue weighted by molar-refractivity contribution is 7.80. The van der Waals surface area contributed by atoms with Crippen molar-refractivity contribution in [2.24, 2.45) is 5.73 Å². The summed E-state index contributed by atoms with van der Waals surface area (Å²) >= 11 is 4.02. The molecule has 0 spiro atoms. The van der Waals surface area contributed by atoms with Gasteiger partial charge in [-0.1, -0.05) is 24.3 Å². The van der Waals surface area contributed by atoms with Crippen molar-refractivity contribution in [3.8, 4) is 0 Å². The Labute approximate surface area is 121 Å². The number of hydrogen-bond acceptors (Lipinski definition) is 6. The number of nitrogens with one attached hydrogen (secondary N) is 1. The number of carbonyl (C=O) groups is 2. The molecule has 1 aliphatic heterocycles. The summed E-state index contributed by atoms with van der Waals surface area (Å²) in [6.45, 7) is 0. The van der Waals surface area contributed by atoms with Gasteiger partial charge in [-0.3, -0.25) is 10.1 Å². The van der Waals surface area contributed by atoms with E-state index in [2.05, 4.69) is 17.9 Å². The van der Waals surface area contributed by atoms with Crippen LogP contribution in [-0.2, 0) is 16.0 Å². The fourth-order valence-electron chi connectivity index (χ4n) is 2.27. The zero-order chi connectivity index (χ0) is 14.7. The molecule has 2 unspecified atom stereocenters. The smallest absolute Gasteiger partial charge is 0.450 e. The minimum atomic E-state index is -1.38. The number of fused-ring (bicyclic) bond motifs is 1. The summed E-state index contributed by atoms with van der Waals surface area (Å²) < 4.78 is 4.74. The zero-order valence-corrected chi connectivity index (χ0v) is 11.5. The van der Waals surface area contributed by atoms with Gasteiger partial charge in [0.15, 0.2) is 12.0 Å². The first-order valence-electron chi connectivity index (χ1n) is 6.16. The maximum Gasteiger partial charge on any atom is 0.507 e. The van der Waals surface area contributed by atoms with Gasteiger partial charge in [0.1, 0.15) is 0 Å². The molecule has 0 aliphatic carbocycles. The van der Waals surface area contributed by atoms with E-state index in [1.165, 1.54) is 0 Å². The Morgan fingerprint density at radius 3 is 2.85 bits per heavy atom. The molecule has 1 aromatic rings. The minimum absolute atomic E-state index is 0.226. The van der Waals surface area contributed by atoms with E-state index in [1.54, 1.807) is 0 Å². The second kappa shape index (κ2) is 6.25. The molecular weight excluding hydrogens is 280 g/mol. The van der Waals surface area contributed by atoms with Crippen molar-refractivity contribution in [2.45, 2.75) is 24.7 Å². The van der Waals surface area contributed by atoms with Gasteiger partial charge < -0.3 is 15.6 Å². The highest BCUT2D eigenvalue weighted by atomic mass is 32.1. The van der Waals surface area contributed by atoms with Crippen molar-refractivity contribution >= 4 is 24.6 Å². The number of Topliss-reactive ketones (excluding diaryl/α,β-unsaturated/α-hetero) is 1. The van der Waals surface area contributed by atoms with Crippen LogP contribution < -0.4 is 11.1 Å². The first-order valence-corrected chi connectivity index (χ1v) is 6.79. The van der Waals surface area contributed by atoms with Crippen LogP contribution in [0, 0.1) is 0 Å². The molecule has 0 saturated carbocycles. The standard InChI is InChI=1S/C13H16N2O4S/c14-9(6-20)12(16)11-8-4-2-1-3-7(8)5-10(15-11)19-13(17)18/h1-4,9-11,15,20H,5-6,14H2,(H,17,18)/t9-,10?,11?/m1/s1. The van der Waals surface area contributed by atoms with Crippen LogP contribution in [0.2, 0.25) is 0 Å². The number of ether oxygens (including phenoxy) is 1. The number of ketones is 1. The van der Waals surface area contributed by atoms with Gasteiger partial charge in [-0.15, -0.1) is 0 Å². The highest BCUT2D eigenvalue weighted by Gasteiger charge is 2.34. The van der Waals surface area contributed by atoms with Crippen molar-refractivity contribution < 1.29 is 19.4 Å². The number of nitrogens with two attached hydrogens (primary N) is 1. The number of hydrogen-bond donors (Lipinski definition) is 4. The molecule has 0 aromatic heterocycles. The monoisotopic (exact) mass is 296 g/mol. The molecule has 0 amide bonds. The molecule has 0 bridgehead atoms. The second-order valence-corrected chi connectivity index (χ2v) is 4.93. The third kappa shape index (κ3) is 3.12. The summed E-state index contributed by atoms with van der Waals surface area (Å²) in [7, 11) is 0. The lowest BCUT2D eigenvalue weighted by Gasteiger charge is -2.32. The van der Waals surface area contributed by atoms with Crippen molar-refractivity contribution in [2.75, 3.05) is 5.75 Å². The molecule has 20 heavy (non-hydrogen) atoms. The van der Waals surface area contributed by atoms with Gasteiger partial charge >= 0.3 is 6.16 Å². The molecule has 6 nitrogen and oxygen atoms in total. The molecule has 0 saturated heterocycles. The number of thiol groups is 1. The lowest BCUT2D eigenvalue weighted by Crippen LogP contribution is -2.49. The van der Waals surface area contributed by atoms with Gasteiger partial charge in [-0.2, -0.15) is 12.6 Å². The molecule has 7 heteroatoms. The minimum Gasteiger partial charge on any atom is -0.450 e. The fourth-order valence-corrected chi connectivity index (χ4v) is 2.45. The first kappa shape index (κ1) is 14.8. The molecule has 0 fully saturated rings. The van der Waals surface area contributed by atoms with Crippen molar-refractivity contribution in [3.63, 3.8) is 0 Å². The molecule has 1 heterocycles. The number of carboxylic acid groups (broad SMARTS) is 1. The third-order valence-corrected chi connectivity index (χ3v) is 3.61. The van der Waals surface area contributed by atoms with E-state index in [1.807, 2.05) is 24.3 Å². The van der Waals surface area contributed by atoms with Crippen molar-refractivity contribution in [3.05, 3.63) is 35.4 Å². The molecule has 2 rings (SSSR count). The van der Waals surface area contributed by atoms with Gasteiger partial charge in [0.25, 0.3) is 0 Å². The Kier molecular flexibility index (Phi) is 4.64. The Morgan fingerprint density at radius 1 is 1.50 bits per heavy atom. The molecule has 0 radical (unpaired) electrons. The molecular formula is C13H16N2O4S. The summed E-state index contributed by atoms with van der Waals surface area (Å²) in [6.07, 6.45) is -1.77. The Bertz CT molecular complexity index is 523. The normalized spacial score (nSPS) is 22.7. The summed E-state index contributed by atoms with van der Waals surface area (Å²) in [5.41, 5.74) is 7.41. The summed E-state index contributed by atoms with van der Waals surface area (Å²) in [6, 6.07) is 5.94. The molecule has 4 N–H and O–H groups in total. The van der Waals surface area contributed by atoms with Gasteiger partial charge in [-0.25, -0.2) is 4.79 Å². The average molecular weight is 296 g/mol. The number of carbonyl (C=O) groups excluding carboxylic acids is 1. The average Bonchev–Trinajstić information content (AvgIpc) is 2.44. The van der Waals surface area contributed by atoms with E-state index in [-0.39, 0.29) is 11.5 Å². The van der Waals surface area contributed by atoms with Crippen LogP contribution in [0.1, 0.15) is 17.2 Å². The quantitative estimate of drug-likeness (QED) is 0.482. The van der Waals surface area contributed by atoms with Crippen molar-refractivity contribution in [1.82, 2.24) is 5.32 Å². The van der Waals surface area contributed by atoms with Gasteiger partial charge in [-0.05, 0) is 11.1 Å². The van der Waals surface area contributed by atoms with Crippen LogP contribution in [0.15, 0.2) is 24.3 Å². The predicted octanol–water partition coefficient (Wildman–Crippen LogP) is 0.720. The molecule has 1 aromatic carbocycles. The van der Waals surface area contributed by atoms with Crippen LogP contribution in [-0.4, -0.2) is 35.1 Å². The lowest BCUT2D eigenvalue weighted by atomic mass is 9.89. The van der Waals surface area contributed by atoms with Gasteiger partial charge in [0.05, 0.1) is 12.1 Å². The Balaban J connectivity index is 2.29. The summed E-state index contributed by atoms with van der Waals surface area (Å²) in [4.78, 5) is 22.9. The predicted molar refractivity (Wildman–Crippen MR) is 75.8 cm³/mol. The topological polar surface area (TPSA) is 102 Å². The van der Waals surface area contributed by atoms with Crippen LogP contribution in [0.25, 0.3) is 0 Å². The summed E-state index contributed by atoms with van der Waals surface area (Å²) in [5, 5.41) is 11.6. The van der Waals surface area contributed by atoms with Crippen LogP contribution >= 0.6 is 12.6 Å². The third-order valence-electron chi connectivity index (χ3n) is 3.21. The maximum atomic E-state index is 12.3. The SMILES string of the molecule is N[C@H](CS)C(=O)C1NC(OC(=O)O)Cc2ccccc21. The van der Waals surface area contributed by atoms with Crippen LogP contribution in [0.3, 0.4) is 0 Å². The molecule has 108 valence electrons. The fraction of sp³-hybridized carbons (Fsp3) is 0.385. The first-order chi connectivity index (χ1) is 9.52. The lowest BCUT2D eigenvalue weighted by molar-refractivity contribution is -0.123. The number of rotatable bonds is 4. The molecule has 3 atom stereocenters. The Morgan fingerprint density at radius 2 is 2.20 bits per heavy atom. The zero-order valence-electron chi connectivity index (χ0n) is 10.7. The maximum absolute atomic E-state index is 12.3. The highest BCUT2D eigenvalue weighted by Crippen LogP contribution is 2.27. The molecule has 1 aliphatic rings. The van der Waals surface area contributed by atoms with E-state index < -0.39 is 24.5 Å². The summed E-state index contributed by atoms with van der Waals surface area (Å²) in [5.74, 6) is -0.00460. The van der Waals surface area contributed by atoms with Crippen LogP contribution in [0.5, 0.6) is 0 Å². The van der Waals surface area contributed by atoms with E-state index in [0.29, 0.717) is 6.42 Å². The van der Waals surface area contributed by atoms with E-state index in [4.69, 9.17) is 15.6 Å². The van der Waals surface area contributed by atoms with Crippen LogP contribution in [0.4, 0.5) is 4.79 Å². The van der Waals surface area contributed by atoms with E-state index >= 15 is 0 Å². The van der Waals surface area contributed by atoms with E-state index in [0.717, 1.165) is 11.1 Å².